The molecule has 0 heterocycles. The van der Waals surface area contributed by atoms with E-state index in [1.54, 1.807) is 6.08 Å². The summed E-state index contributed by atoms with van der Waals surface area (Å²) in [6.45, 7) is 0.231. The number of hydrogen-bond donors (Lipinski definition) is 1. The Morgan fingerprint density at radius 3 is 2.29 bits per heavy atom. The normalized spacial score (nSPS) is 11.4. The van der Waals surface area contributed by atoms with Crippen molar-refractivity contribution in [3.8, 4) is 5.75 Å². The van der Waals surface area contributed by atoms with Crippen molar-refractivity contribution in [1.82, 2.24) is 0 Å². The highest BCUT2D eigenvalue weighted by molar-refractivity contribution is 7.89. The van der Waals surface area contributed by atoms with Crippen molar-refractivity contribution < 1.29 is 22.7 Å². The Kier molecular flexibility index (Phi) is 6.11. The Bertz CT molecular complexity index is 799. The lowest BCUT2D eigenvalue weighted by Crippen LogP contribution is -2.12. The number of nitrogens with two attached hydrogens (primary N) is 1. The Labute approximate surface area is 140 Å². The van der Waals surface area contributed by atoms with Crippen LogP contribution in [-0.2, 0) is 19.6 Å². The monoisotopic (exact) mass is 347 g/mol. The van der Waals surface area contributed by atoms with Gasteiger partial charge < -0.3 is 9.47 Å². The number of rotatable bonds is 7. The maximum Gasteiger partial charge on any atom is 0.330 e. The van der Waals surface area contributed by atoms with Gasteiger partial charge in [-0.15, -0.1) is 0 Å². The second-order valence-corrected chi connectivity index (χ2v) is 6.34. The van der Waals surface area contributed by atoms with Gasteiger partial charge in [0.2, 0.25) is 10.0 Å². The molecule has 24 heavy (non-hydrogen) atoms. The number of esters is 1. The van der Waals surface area contributed by atoms with Crippen molar-refractivity contribution in [3.63, 3.8) is 0 Å². The van der Waals surface area contributed by atoms with Gasteiger partial charge in [-0.1, -0.05) is 30.3 Å². The summed E-state index contributed by atoms with van der Waals surface area (Å²) in [5, 5.41) is 5.00. The lowest BCUT2D eigenvalue weighted by molar-refractivity contribution is -0.138. The first-order valence-electron chi connectivity index (χ1n) is 7.11. The molecule has 0 aromatic heterocycles. The van der Waals surface area contributed by atoms with E-state index in [4.69, 9.17) is 14.6 Å². The first-order chi connectivity index (χ1) is 11.4. The van der Waals surface area contributed by atoms with Gasteiger partial charge in [-0.25, -0.2) is 18.4 Å². The minimum atomic E-state index is -3.72. The molecule has 6 nitrogen and oxygen atoms in total. The van der Waals surface area contributed by atoms with Crippen molar-refractivity contribution in [3.05, 3.63) is 66.2 Å². The summed E-state index contributed by atoms with van der Waals surface area (Å²) in [5.41, 5.74) is 0.903. The first kappa shape index (κ1) is 17.7. The fourth-order valence-corrected chi connectivity index (χ4v) is 2.32. The molecular formula is C17H17NO5S. The average Bonchev–Trinajstić information content (AvgIpc) is 2.57. The van der Waals surface area contributed by atoms with Gasteiger partial charge >= 0.3 is 5.97 Å². The van der Waals surface area contributed by atoms with E-state index in [-0.39, 0.29) is 18.1 Å². The van der Waals surface area contributed by atoms with Gasteiger partial charge in [-0.3, -0.25) is 0 Å². The largest absolute Gasteiger partial charge is 0.490 e. The highest BCUT2D eigenvalue weighted by atomic mass is 32.2. The minimum Gasteiger partial charge on any atom is -0.490 e. The molecule has 0 bridgehead atoms. The molecule has 7 heteroatoms. The molecule has 2 aromatic rings. The summed E-state index contributed by atoms with van der Waals surface area (Å²) in [4.78, 5) is 11.5. The van der Waals surface area contributed by atoms with Gasteiger partial charge in [-0.05, 0) is 35.9 Å². The number of hydrogen-bond acceptors (Lipinski definition) is 5. The zero-order valence-electron chi connectivity index (χ0n) is 12.8. The van der Waals surface area contributed by atoms with E-state index in [0.717, 1.165) is 5.56 Å². The van der Waals surface area contributed by atoms with Crippen molar-refractivity contribution >= 4 is 22.1 Å². The standard InChI is InChI=1S/C17H17NO5S/c18-24(20,21)16-9-7-15(8-10-16)22-12-13-23-17(19)11-6-14-4-2-1-3-5-14/h1-11H,12-13H2,(H2,18,20,21)/b11-6+. The van der Waals surface area contributed by atoms with Gasteiger partial charge in [0.05, 0.1) is 4.90 Å². The van der Waals surface area contributed by atoms with Crippen LogP contribution >= 0.6 is 0 Å². The smallest absolute Gasteiger partial charge is 0.330 e. The van der Waals surface area contributed by atoms with Crippen LogP contribution in [0.15, 0.2) is 65.6 Å². The lowest BCUT2D eigenvalue weighted by atomic mass is 10.2. The van der Waals surface area contributed by atoms with Gasteiger partial charge in [-0.2, -0.15) is 0 Å². The number of sulfonamides is 1. The second kappa shape index (κ2) is 8.28. The third kappa shape index (κ3) is 5.86. The molecule has 0 saturated carbocycles. The van der Waals surface area contributed by atoms with Crippen LogP contribution in [0.5, 0.6) is 5.75 Å². The maximum absolute atomic E-state index is 11.5. The molecule has 0 unspecified atom stereocenters. The third-order valence-corrected chi connectivity index (χ3v) is 3.89. The third-order valence-electron chi connectivity index (χ3n) is 2.96. The zero-order valence-corrected chi connectivity index (χ0v) is 13.6. The average molecular weight is 347 g/mol. The van der Waals surface area contributed by atoms with Crippen molar-refractivity contribution in [2.75, 3.05) is 13.2 Å². The van der Waals surface area contributed by atoms with Crippen LogP contribution in [-0.4, -0.2) is 27.6 Å². The van der Waals surface area contributed by atoms with Gasteiger partial charge in [0.15, 0.2) is 0 Å². The van der Waals surface area contributed by atoms with Gasteiger partial charge in [0.25, 0.3) is 0 Å². The lowest BCUT2D eigenvalue weighted by Gasteiger charge is -2.06. The summed E-state index contributed by atoms with van der Waals surface area (Å²) in [5.74, 6) is -0.00898. The van der Waals surface area contributed by atoms with Crippen LogP contribution in [0.2, 0.25) is 0 Å². The molecule has 2 rings (SSSR count). The molecule has 0 atom stereocenters. The SMILES string of the molecule is NS(=O)(=O)c1ccc(OCCOC(=O)/C=C/c2ccccc2)cc1. The van der Waals surface area contributed by atoms with E-state index in [2.05, 4.69) is 0 Å². The Morgan fingerprint density at radius 2 is 1.67 bits per heavy atom. The van der Waals surface area contributed by atoms with E-state index in [0.29, 0.717) is 5.75 Å². The summed E-state index contributed by atoms with van der Waals surface area (Å²) < 4.78 is 32.6. The number of ether oxygens (including phenoxy) is 2. The van der Waals surface area contributed by atoms with Crippen LogP contribution in [0.25, 0.3) is 6.08 Å². The predicted molar refractivity (Wildman–Crippen MR) is 89.7 cm³/mol. The quantitative estimate of drug-likeness (QED) is 0.469. The fourth-order valence-electron chi connectivity index (χ4n) is 1.80. The molecule has 0 spiro atoms. The number of carbonyl (C=O) groups is 1. The van der Waals surface area contributed by atoms with Crippen LogP contribution in [0.3, 0.4) is 0 Å². The van der Waals surface area contributed by atoms with E-state index in [1.807, 2.05) is 30.3 Å². The van der Waals surface area contributed by atoms with Crippen molar-refractivity contribution in [2.24, 2.45) is 5.14 Å². The predicted octanol–water partition coefficient (Wildman–Crippen LogP) is 1.97. The molecule has 0 aliphatic heterocycles. The minimum absolute atomic E-state index is 0.00678. The van der Waals surface area contributed by atoms with Crippen LogP contribution < -0.4 is 9.88 Å². The molecule has 126 valence electrons. The highest BCUT2D eigenvalue weighted by Gasteiger charge is 2.07. The molecule has 0 fully saturated rings. The van der Waals surface area contributed by atoms with Crippen LogP contribution in [0.4, 0.5) is 0 Å². The molecule has 2 aromatic carbocycles. The first-order valence-corrected chi connectivity index (χ1v) is 8.65. The van der Waals surface area contributed by atoms with Gasteiger partial charge in [0, 0.05) is 6.08 Å². The maximum atomic E-state index is 11.5. The van der Waals surface area contributed by atoms with Crippen LogP contribution in [0, 0.1) is 0 Å². The number of benzene rings is 2. The summed E-state index contributed by atoms with van der Waals surface area (Å²) in [6, 6.07) is 15.0. The number of carbonyl (C=O) groups excluding carboxylic acids is 1. The van der Waals surface area contributed by atoms with E-state index in [1.165, 1.54) is 30.3 Å². The summed E-state index contributed by atoms with van der Waals surface area (Å²) in [7, 11) is -3.72. The van der Waals surface area contributed by atoms with Gasteiger partial charge in [0.1, 0.15) is 19.0 Å². The molecule has 0 radical (unpaired) electrons. The molecule has 0 aliphatic rings. The van der Waals surface area contributed by atoms with E-state index >= 15 is 0 Å². The number of primary sulfonamides is 1. The Balaban J connectivity index is 1.73. The fraction of sp³-hybridized carbons (Fsp3) is 0.118. The summed E-state index contributed by atoms with van der Waals surface area (Å²) in [6.07, 6.45) is 3.01. The highest BCUT2D eigenvalue weighted by Crippen LogP contribution is 2.14. The molecule has 2 N–H and O–H groups in total. The van der Waals surface area contributed by atoms with E-state index < -0.39 is 16.0 Å². The Morgan fingerprint density at radius 1 is 1.00 bits per heavy atom. The molecule has 0 aliphatic carbocycles. The topological polar surface area (TPSA) is 95.7 Å². The van der Waals surface area contributed by atoms with Crippen molar-refractivity contribution in [1.29, 1.82) is 0 Å². The van der Waals surface area contributed by atoms with Crippen LogP contribution in [0.1, 0.15) is 5.56 Å². The van der Waals surface area contributed by atoms with E-state index in [9.17, 15) is 13.2 Å². The second-order valence-electron chi connectivity index (χ2n) is 4.78. The Hall–Kier alpha value is -2.64. The summed E-state index contributed by atoms with van der Waals surface area (Å²) >= 11 is 0. The molecule has 0 saturated heterocycles. The molecule has 0 amide bonds. The van der Waals surface area contributed by atoms with Crippen molar-refractivity contribution in [2.45, 2.75) is 4.90 Å². The molecular weight excluding hydrogens is 330 g/mol. The zero-order chi connectivity index (χ0) is 17.4.